The molecule has 0 aromatic carbocycles. The zero-order chi connectivity index (χ0) is 15.9. The number of hydrogen-bond acceptors (Lipinski definition) is 4. The SMILES string of the molecule is CN=C(NCc1cccc(N(C)C)n1)NCC(C)(C)SC.I. The van der Waals surface area contributed by atoms with Crippen molar-refractivity contribution >= 4 is 47.5 Å². The predicted octanol–water partition coefficient (Wildman–Crippen LogP) is 2.57. The van der Waals surface area contributed by atoms with E-state index in [2.05, 4.69) is 40.7 Å². The molecule has 0 amide bonds. The Bertz CT molecular complexity index is 477. The Kier molecular flexibility index (Phi) is 9.82. The van der Waals surface area contributed by atoms with E-state index in [0.29, 0.717) is 6.54 Å². The van der Waals surface area contributed by atoms with E-state index in [9.17, 15) is 0 Å². The molecule has 1 aromatic rings. The number of thioether (sulfide) groups is 1. The molecule has 2 N–H and O–H groups in total. The first-order chi connectivity index (χ1) is 9.88. The van der Waals surface area contributed by atoms with Gasteiger partial charge in [-0.1, -0.05) is 6.07 Å². The maximum absolute atomic E-state index is 4.58. The average molecular weight is 437 g/mol. The molecular formula is C15H28IN5S. The highest BCUT2D eigenvalue weighted by Crippen LogP contribution is 2.19. The maximum atomic E-state index is 4.58. The minimum atomic E-state index is 0. The quantitative estimate of drug-likeness (QED) is 0.407. The molecule has 1 rings (SSSR count). The highest BCUT2D eigenvalue weighted by molar-refractivity contribution is 14.0. The molecule has 1 aromatic heterocycles. The number of halogens is 1. The lowest BCUT2D eigenvalue weighted by Crippen LogP contribution is -2.43. The lowest BCUT2D eigenvalue weighted by molar-refractivity contribution is 0.663. The van der Waals surface area contributed by atoms with Gasteiger partial charge in [-0.2, -0.15) is 11.8 Å². The van der Waals surface area contributed by atoms with Crippen LogP contribution in [0.4, 0.5) is 5.82 Å². The van der Waals surface area contributed by atoms with Gasteiger partial charge in [0.25, 0.3) is 0 Å². The fourth-order valence-electron chi connectivity index (χ4n) is 1.58. The van der Waals surface area contributed by atoms with E-state index in [0.717, 1.165) is 24.0 Å². The summed E-state index contributed by atoms with van der Waals surface area (Å²) in [5.74, 6) is 1.76. The molecule has 126 valence electrons. The van der Waals surface area contributed by atoms with Crippen molar-refractivity contribution < 1.29 is 0 Å². The van der Waals surface area contributed by atoms with Gasteiger partial charge in [0.1, 0.15) is 5.82 Å². The van der Waals surface area contributed by atoms with Crippen LogP contribution in [0, 0.1) is 0 Å². The molecule has 0 spiro atoms. The Labute approximate surface area is 155 Å². The number of aromatic nitrogens is 1. The van der Waals surface area contributed by atoms with E-state index in [1.807, 2.05) is 49.0 Å². The Morgan fingerprint density at radius 1 is 1.32 bits per heavy atom. The first-order valence-corrected chi connectivity index (χ1v) is 8.23. The van der Waals surface area contributed by atoms with E-state index in [1.54, 1.807) is 7.05 Å². The lowest BCUT2D eigenvalue weighted by Gasteiger charge is -2.23. The molecule has 0 unspecified atom stereocenters. The molecule has 0 fully saturated rings. The molecule has 7 heteroatoms. The van der Waals surface area contributed by atoms with Gasteiger partial charge >= 0.3 is 0 Å². The van der Waals surface area contributed by atoms with E-state index in [4.69, 9.17) is 0 Å². The summed E-state index contributed by atoms with van der Waals surface area (Å²) in [4.78, 5) is 10.8. The largest absolute Gasteiger partial charge is 0.363 e. The fraction of sp³-hybridized carbons (Fsp3) is 0.600. The van der Waals surface area contributed by atoms with Crippen LogP contribution < -0.4 is 15.5 Å². The van der Waals surface area contributed by atoms with Crippen LogP contribution in [0.15, 0.2) is 23.2 Å². The summed E-state index contributed by atoms with van der Waals surface area (Å²) in [5, 5.41) is 6.65. The number of guanidine groups is 1. The molecule has 0 saturated carbocycles. The van der Waals surface area contributed by atoms with Crippen LogP contribution in [0.1, 0.15) is 19.5 Å². The van der Waals surface area contributed by atoms with Crippen LogP contribution in [0.3, 0.4) is 0 Å². The van der Waals surface area contributed by atoms with Crippen molar-refractivity contribution in [2.24, 2.45) is 4.99 Å². The first kappa shape index (κ1) is 21.3. The molecule has 1 heterocycles. The van der Waals surface area contributed by atoms with E-state index in [-0.39, 0.29) is 28.7 Å². The molecule has 0 saturated heterocycles. The van der Waals surface area contributed by atoms with Crippen LogP contribution in [-0.2, 0) is 6.54 Å². The van der Waals surface area contributed by atoms with E-state index < -0.39 is 0 Å². The zero-order valence-electron chi connectivity index (χ0n) is 14.3. The number of rotatable bonds is 6. The molecule has 0 radical (unpaired) electrons. The molecule has 0 aliphatic heterocycles. The predicted molar refractivity (Wildman–Crippen MR) is 110 cm³/mol. The third-order valence-corrected chi connectivity index (χ3v) is 4.39. The van der Waals surface area contributed by atoms with Crippen molar-refractivity contribution in [1.29, 1.82) is 0 Å². The average Bonchev–Trinajstić information content (AvgIpc) is 2.47. The first-order valence-electron chi connectivity index (χ1n) is 7.01. The van der Waals surface area contributed by atoms with E-state index in [1.165, 1.54) is 0 Å². The third-order valence-electron chi connectivity index (χ3n) is 3.14. The standard InChI is InChI=1S/C15H27N5S.HI/c1-15(2,21-6)11-18-14(16-3)17-10-12-8-7-9-13(19-12)20(4)5;/h7-9H,10-11H2,1-6H3,(H2,16,17,18);1H. The molecule has 0 atom stereocenters. The normalized spacial score (nSPS) is 11.6. The number of hydrogen-bond donors (Lipinski definition) is 2. The van der Waals surface area contributed by atoms with Crippen LogP contribution in [-0.4, -0.2) is 49.6 Å². The Morgan fingerprint density at radius 2 is 2.00 bits per heavy atom. The van der Waals surface area contributed by atoms with Crippen molar-refractivity contribution in [3.8, 4) is 0 Å². The summed E-state index contributed by atoms with van der Waals surface area (Å²) in [7, 11) is 5.76. The second-order valence-corrected chi connectivity index (χ2v) is 7.14. The second kappa shape index (κ2) is 10.1. The van der Waals surface area contributed by atoms with Gasteiger partial charge in [-0.25, -0.2) is 4.98 Å². The zero-order valence-corrected chi connectivity index (χ0v) is 17.5. The van der Waals surface area contributed by atoms with E-state index >= 15 is 0 Å². The van der Waals surface area contributed by atoms with Crippen LogP contribution in [0.5, 0.6) is 0 Å². The molecular weight excluding hydrogens is 409 g/mol. The van der Waals surface area contributed by atoms with Crippen molar-refractivity contribution in [2.75, 3.05) is 38.8 Å². The Balaban J connectivity index is 0.00000441. The van der Waals surface area contributed by atoms with Gasteiger partial charge in [-0.05, 0) is 32.2 Å². The second-order valence-electron chi connectivity index (χ2n) is 5.62. The topological polar surface area (TPSA) is 52.6 Å². The number of pyridine rings is 1. The monoisotopic (exact) mass is 437 g/mol. The van der Waals surface area contributed by atoms with Gasteiger partial charge < -0.3 is 15.5 Å². The van der Waals surface area contributed by atoms with Gasteiger partial charge in [0.15, 0.2) is 5.96 Å². The molecule has 0 aliphatic rings. The van der Waals surface area contributed by atoms with Gasteiger partial charge in [-0.3, -0.25) is 4.99 Å². The summed E-state index contributed by atoms with van der Waals surface area (Å²) in [6.45, 7) is 5.93. The summed E-state index contributed by atoms with van der Waals surface area (Å²) >= 11 is 1.84. The van der Waals surface area contributed by atoms with Crippen molar-refractivity contribution in [1.82, 2.24) is 15.6 Å². The van der Waals surface area contributed by atoms with Gasteiger partial charge in [0, 0.05) is 32.4 Å². The molecule has 5 nitrogen and oxygen atoms in total. The Hall–Kier alpha value is -0.700. The number of nitrogens with one attached hydrogen (secondary N) is 2. The summed E-state index contributed by atoms with van der Waals surface area (Å²) in [6.07, 6.45) is 2.12. The molecule has 0 bridgehead atoms. The van der Waals surface area contributed by atoms with Crippen molar-refractivity contribution in [2.45, 2.75) is 25.1 Å². The van der Waals surface area contributed by atoms with Gasteiger partial charge in [0.05, 0.1) is 12.2 Å². The lowest BCUT2D eigenvalue weighted by atomic mass is 10.2. The summed E-state index contributed by atoms with van der Waals surface area (Å²) in [6, 6.07) is 6.03. The van der Waals surface area contributed by atoms with Crippen LogP contribution in [0.25, 0.3) is 0 Å². The maximum Gasteiger partial charge on any atom is 0.191 e. The van der Waals surface area contributed by atoms with Crippen molar-refractivity contribution in [3.63, 3.8) is 0 Å². The minimum Gasteiger partial charge on any atom is -0.363 e. The molecule has 22 heavy (non-hydrogen) atoms. The highest BCUT2D eigenvalue weighted by Gasteiger charge is 2.16. The smallest absolute Gasteiger partial charge is 0.191 e. The third kappa shape index (κ3) is 7.53. The van der Waals surface area contributed by atoms with Crippen LogP contribution >= 0.6 is 35.7 Å². The summed E-state index contributed by atoms with van der Waals surface area (Å²) in [5.41, 5.74) is 0.994. The van der Waals surface area contributed by atoms with Gasteiger partial charge in [0.2, 0.25) is 0 Å². The fourth-order valence-corrected chi connectivity index (χ4v) is 1.79. The summed E-state index contributed by atoms with van der Waals surface area (Å²) < 4.78 is 0.181. The highest BCUT2D eigenvalue weighted by atomic mass is 127. The van der Waals surface area contributed by atoms with Crippen molar-refractivity contribution in [3.05, 3.63) is 23.9 Å². The number of anilines is 1. The minimum absolute atomic E-state index is 0. The molecule has 0 aliphatic carbocycles. The number of aliphatic imine (C=N–C) groups is 1. The number of nitrogens with zero attached hydrogens (tertiary/aromatic N) is 3. The Morgan fingerprint density at radius 3 is 2.55 bits per heavy atom. The van der Waals surface area contributed by atoms with Crippen LogP contribution in [0.2, 0.25) is 0 Å². The van der Waals surface area contributed by atoms with Gasteiger partial charge in [-0.15, -0.1) is 24.0 Å².